The molecule has 1 amide bonds. The molecule has 0 aliphatic rings. The van der Waals surface area contributed by atoms with Crippen molar-refractivity contribution < 1.29 is 9.72 Å². The van der Waals surface area contributed by atoms with Crippen molar-refractivity contribution in [1.29, 1.82) is 0 Å². The summed E-state index contributed by atoms with van der Waals surface area (Å²) in [7, 11) is 0. The molecule has 0 saturated heterocycles. The number of carbonyl (C=O) groups excluding carboxylic acids is 1. The SMILES string of the molecule is NC(=O)c1sc(-c2cccc([N+](=O)[O-])c2)cc1N. The first-order chi connectivity index (χ1) is 8.49. The molecule has 0 aliphatic carbocycles. The largest absolute Gasteiger partial charge is 0.397 e. The molecular weight excluding hydrogens is 254 g/mol. The minimum atomic E-state index is -0.603. The summed E-state index contributed by atoms with van der Waals surface area (Å²) in [6, 6.07) is 7.70. The highest BCUT2D eigenvalue weighted by molar-refractivity contribution is 7.18. The Morgan fingerprint density at radius 2 is 2.06 bits per heavy atom. The zero-order valence-electron chi connectivity index (χ0n) is 9.12. The lowest BCUT2D eigenvalue weighted by atomic mass is 10.1. The second-order valence-electron chi connectivity index (χ2n) is 3.57. The molecule has 2 rings (SSSR count). The summed E-state index contributed by atoms with van der Waals surface area (Å²) in [5.41, 5.74) is 11.7. The summed E-state index contributed by atoms with van der Waals surface area (Å²) < 4.78 is 0. The second kappa shape index (κ2) is 4.46. The molecule has 1 aromatic carbocycles. The number of benzene rings is 1. The third kappa shape index (κ3) is 2.16. The van der Waals surface area contributed by atoms with Crippen LogP contribution >= 0.6 is 11.3 Å². The highest BCUT2D eigenvalue weighted by Crippen LogP contribution is 2.34. The van der Waals surface area contributed by atoms with E-state index < -0.39 is 10.8 Å². The average Bonchev–Trinajstić information content (AvgIpc) is 2.71. The zero-order chi connectivity index (χ0) is 13.3. The number of rotatable bonds is 3. The van der Waals surface area contributed by atoms with Gasteiger partial charge in [-0.3, -0.25) is 14.9 Å². The molecule has 0 bridgehead atoms. The molecule has 0 atom stereocenters. The highest BCUT2D eigenvalue weighted by atomic mass is 32.1. The predicted molar refractivity (Wildman–Crippen MR) is 69.3 cm³/mol. The van der Waals surface area contributed by atoms with Gasteiger partial charge in [0.1, 0.15) is 4.88 Å². The smallest absolute Gasteiger partial charge is 0.270 e. The number of non-ortho nitro benzene ring substituents is 1. The highest BCUT2D eigenvalue weighted by Gasteiger charge is 2.14. The van der Waals surface area contributed by atoms with Crippen molar-refractivity contribution in [3.05, 3.63) is 45.3 Å². The predicted octanol–water partition coefficient (Wildman–Crippen LogP) is 2.00. The van der Waals surface area contributed by atoms with Gasteiger partial charge in [-0.2, -0.15) is 0 Å². The number of anilines is 1. The number of nitrogens with zero attached hydrogens (tertiary/aromatic N) is 1. The fourth-order valence-electron chi connectivity index (χ4n) is 1.51. The first-order valence-corrected chi connectivity index (χ1v) is 5.74. The van der Waals surface area contributed by atoms with Gasteiger partial charge in [0.25, 0.3) is 11.6 Å². The molecule has 0 unspecified atom stereocenters. The Labute approximate surface area is 106 Å². The monoisotopic (exact) mass is 263 g/mol. The number of primary amides is 1. The Kier molecular flexibility index (Phi) is 2.99. The molecule has 1 heterocycles. The second-order valence-corrected chi connectivity index (χ2v) is 4.62. The van der Waals surface area contributed by atoms with E-state index in [1.807, 2.05) is 0 Å². The van der Waals surface area contributed by atoms with Crippen molar-refractivity contribution in [2.75, 3.05) is 5.73 Å². The van der Waals surface area contributed by atoms with Crippen LogP contribution in [-0.4, -0.2) is 10.8 Å². The summed E-state index contributed by atoms with van der Waals surface area (Å²) >= 11 is 1.12. The van der Waals surface area contributed by atoms with Gasteiger partial charge >= 0.3 is 0 Å². The van der Waals surface area contributed by atoms with E-state index in [2.05, 4.69) is 0 Å². The van der Waals surface area contributed by atoms with Crippen LogP contribution in [0, 0.1) is 10.1 Å². The number of nitrogens with two attached hydrogens (primary N) is 2. The van der Waals surface area contributed by atoms with E-state index in [0.29, 0.717) is 10.4 Å². The zero-order valence-corrected chi connectivity index (χ0v) is 9.94. The van der Waals surface area contributed by atoms with Crippen LogP contribution in [-0.2, 0) is 0 Å². The lowest BCUT2D eigenvalue weighted by Gasteiger charge is -1.96. The number of hydrogen-bond donors (Lipinski definition) is 2. The Balaban J connectivity index is 2.49. The standard InChI is InChI=1S/C11H9N3O3S/c12-8-5-9(18-10(8)11(13)15)6-2-1-3-7(4-6)14(16)17/h1-5H,12H2,(H2,13,15). The summed E-state index contributed by atoms with van der Waals surface area (Å²) in [4.78, 5) is 22.2. The normalized spacial score (nSPS) is 10.2. The molecule has 0 spiro atoms. The Hall–Kier alpha value is -2.41. The number of nitrogen functional groups attached to an aromatic ring is 1. The van der Waals surface area contributed by atoms with E-state index in [-0.39, 0.29) is 16.3 Å². The van der Waals surface area contributed by atoms with Gasteiger partial charge < -0.3 is 11.5 Å². The number of amides is 1. The van der Waals surface area contributed by atoms with Crippen molar-refractivity contribution in [3.63, 3.8) is 0 Å². The van der Waals surface area contributed by atoms with Gasteiger partial charge in [-0.15, -0.1) is 11.3 Å². The van der Waals surface area contributed by atoms with E-state index >= 15 is 0 Å². The molecule has 0 aliphatic heterocycles. The Morgan fingerprint density at radius 3 is 2.61 bits per heavy atom. The van der Waals surface area contributed by atoms with E-state index in [0.717, 1.165) is 11.3 Å². The molecule has 92 valence electrons. The maximum Gasteiger partial charge on any atom is 0.270 e. The van der Waals surface area contributed by atoms with E-state index in [1.165, 1.54) is 12.1 Å². The van der Waals surface area contributed by atoms with Gasteiger partial charge in [0.15, 0.2) is 0 Å². The Bertz CT molecular complexity index is 636. The summed E-state index contributed by atoms with van der Waals surface area (Å²) in [6.07, 6.45) is 0. The number of carbonyl (C=O) groups is 1. The molecule has 4 N–H and O–H groups in total. The lowest BCUT2D eigenvalue weighted by molar-refractivity contribution is -0.384. The molecule has 0 radical (unpaired) electrons. The summed E-state index contributed by atoms with van der Waals surface area (Å²) in [5.74, 6) is -0.603. The fraction of sp³-hybridized carbons (Fsp3) is 0. The van der Waals surface area contributed by atoms with Crippen molar-refractivity contribution in [1.82, 2.24) is 0 Å². The first kappa shape index (κ1) is 12.1. The minimum Gasteiger partial charge on any atom is -0.397 e. The number of nitro groups is 1. The van der Waals surface area contributed by atoms with Crippen LogP contribution in [0.15, 0.2) is 30.3 Å². The number of thiophene rings is 1. The molecule has 7 heteroatoms. The average molecular weight is 263 g/mol. The Morgan fingerprint density at radius 1 is 1.33 bits per heavy atom. The van der Waals surface area contributed by atoms with Crippen molar-refractivity contribution in [2.45, 2.75) is 0 Å². The van der Waals surface area contributed by atoms with Crippen LogP contribution in [0.4, 0.5) is 11.4 Å². The molecule has 0 saturated carbocycles. The van der Waals surface area contributed by atoms with Gasteiger partial charge in [-0.1, -0.05) is 12.1 Å². The van der Waals surface area contributed by atoms with Gasteiger partial charge in [0, 0.05) is 17.0 Å². The first-order valence-electron chi connectivity index (χ1n) is 4.93. The van der Waals surface area contributed by atoms with Gasteiger partial charge in [0.2, 0.25) is 0 Å². The van der Waals surface area contributed by atoms with Crippen LogP contribution in [0.2, 0.25) is 0 Å². The van der Waals surface area contributed by atoms with Crippen LogP contribution in [0.1, 0.15) is 9.67 Å². The van der Waals surface area contributed by atoms with Gasteiger partial charge in [-0.25, -0.2) is 0 Å². The van der Waals surface area contributed by atoms with Crippen LogP contribution in [0.5, 0.6) is 0 Å². The lowest BCUT2D eigenvalue weighted by Crippen LogP contribution is -2.10. The topological polar surface area (TPSA) is 112 Å². The van der Waals surface area contributed by atoms with Crippen LogP contribution in [0.3, 0.4) is 0 Å². The van der Waals surface area contributed by atoms with Crippen molar-refractivity contribution in [2.24, 2.45) is 5.73 Å². The van der Waals surface area contributed by atoms with Crippen molar-refractivity contribution >= 4 is 28.6 Å². The fourth-order valence-corrected chi connectivity index (χ4v) is 2.44. The maximum atomic E-state index is 11.1. The molecular formula is C11H9N3O3S. The minimum absolute atomic E-state index is 0.0138. The molecule has 6 nitrogen and oxygen atoms in total. The van der Waals surface area contributed by atoms with E-state index in [4.69, 9.17) is 11.5 Å². The quantitative estimate of drug-likeness (QED) is 0.651. The van der Waals surface area contributed by atoms with Crippen LogP contribution < -0.4 is 11.5 Å². The molecule has 2 aromatic rings. The van der Waals surface area contributed by atoms with E-state index in [9.17, 15) is 14.9 Å². The summed E-state index contributed by atoms with van der Waals surface area (Å²) in [6.45, 7) is 0. The number of nitro benzene ring substituents is 1. The van der Waals surface area contributed by atoms with Gasteiger partial charge in [-0.05, 0) is 11.6 Å². The van der Waals surface area contributed by atoms with Gasteiger partial charge in [0.05, 0.1) is 10.6 Å². The molecule has 0 fully saturated rings. The summed E-state index contributed by atoms with van der Waals surface area (Å²) in [5, 5.41) is 10.7. The third-order valence-corrected chi connectivity index (χ3v) is 3.54. The number of hydrogen-bond acceptors (Lipinski definition) is 5. The maximum absolute atomic E-state index is 11.1. The van der Waals surface area contributed by atoms with Crippen molar-refractivity contribution in [3.8, 4) is 10.4 Å². The van der Waals surface area contributed by atoms with Crippen LogP contribution in [0.25, 0.3) is 10.4 Å². The molecule has 1 aromatic heterocycles. The van der Waals surface area contributed by atoms with E-state index in [1.54, 1.807) is 18.2 Å². The third-order valence-electron chi connectivity index (χ3n) is 2.33. The molecule has 18 heavy (non-hydrogen) atoms.